The maximum atomic E-state index is 13.9. The summed E-state index contributed by atoms with van der Waals surface area (Å²) in [6.45, 7) is 4.27. The molecule has 2 N–H and O–H groups in total. The quantitative estimate of drug-likeness (QED) is 0.326. The molecule has 2 aromatic rings. The molecule has 0 aromatic heterocycles. The number of nitrogens with one attached hydrogen (secondary N) is 1. The Bertz CT molecular complexity index is 1350. The zero-order valence-corrected chi connectivity index (χ0v) is 25.7. The predicted octanol–water partition coefficient (Wildman–Crippen LogP) is 3.48. The van der Waals surface area contributed by atoms with Gasteiger partial charge in [-0.25, -0.2) is 13.2 Å². The number of rotatable bonds is 14. The molecule has 2 saturated heterocycles. The van der Waals surface area contributed by atoms with E-state index in [0.29, 0.717) is 18.8 Å². The first-order chi connectivity index (χ1) is 20.5. The number of amides is 1. The number of aliphatic hydroxyl groups excluding tert-OH is 1. The van der Waals surface area contributed by atoms with Gasteiger partial charge in [0.15, 0.2) is 6.29 Å². The summed E-state index contributed by atoms with van der Waals surface area (Å²) in [6, 6.07) is 16.6. The van der Waals surface area contributed by atoms with Gasteiger partial charge in [0.05, 0.1) is 49.4 Å². The second-order valence-electron chi connectivity index (χ2n) is 11.8. The number of nitrogens with zero attached hydrogens (tertiary/aromatic N) is 2. The first kappa shape index (κ1) is 32.7. The number of hydrogen-bond donors (Lipinski definition) is 2. The first-order valence-electron chi connectivity index (χ1n) is 14.5. The van der Waals surface area contributed by atoms with Crippen molar-refractivity contribution in [3.05, 3.63) is 60.2 Å². The minimum atomic E-state index is -4.08. The van der Waals surface area contributed by atoms with Crippen molar-refractivity contribution in [1.82, 2.24) is 9.62 Å². The molecule has 0 saturated carbocycles. The third-order valence-corrected chi connectivity index (χ3v) is 9.74. The van der Waals surface area contributed by atoms with Gasteiger partial charge in [0.1, 0.15) is 11.9 Å². The van der Waals surface area contributed by atoms with Crippen LogP contribution in [0.15, 0.2) is 59.5 Å². The van der Waals surface area contributed by atoms with Gasteiger partial charge in [-0.3, -0.25) is 0 Å². The van der Waals surface area contributed by atoms with Crippen molar-refractivity contribution in [2.75, 3.05) is 33.4 Å². The smallest absolute Gasteiger partial charge is 0.407 e. The number of carbonyl (C=O) groups excluding carboxylic acids is 1. The van der Waals surface area contributed by atoms with E-state index in [1.165, 1.54) is 23.5 Å². The summed E-state index contributed by atoms with van der Waals surface area (Å²) in [5.74, 6) is 0.456. The number of carbonyl (C=O) groups is 1. The van der Waals surface area contributed by atoms with Crippen LogP contribution in [0.25, 0.3) is 0 Å². The molecular formula is C31H41N3O8S. The number of nitriles is 1. The molecular weight excluding hydrogens is 574 g/mol. The van der Waals surface area contributed by atoms with Gasteiger partial charge in [-0.2, -0.15) is 9.57 Å². The second-order valence-corrected chi connectivity index (χ2v) is 13.7. The van der Waals surface area contributed by atoms with Crippen LogP contribution >= 0.6 is 0 Å². The zero-order valence-electron chi connectivity index (χ0n) is 24.8. The summed E-state index contributed by atoms with van der Waals surface area (Å²) in [5, 5.41) is 23.5. The lowest BCUT2D eigenvalue weighted by Gasteiger charge is -2.35. The van der Waals surface area contributed by atoms with Gasteiger partial charge in [-0.1, -0.05) is 44.2 Å². The topological polar surface area (TPSA) is 147 Å². The molecule has 2 aromatic carbocycles. The highest BCUT2D eigenvalue weighted by atomic mass is 32.2. The number of hydrogen-bond acceptors (Lipinski definition) is 9. The Balaban J connectivity index is 1.56. The Morgan fingerprint density at radius 2 is 1.91 bits per heavy atom. The Morgan fingerprint density at radius 1 is 1.19 bits per heavy atom. The molecule has 4 rings (SSSR count). The van der Waals surface area contributed by atoms with Crippen LogP contribution in [0.3, 0.4) is 0 Å². The van der Waals surface area contributed by atoms with Crippen molar-refractivity contribution < 1.29 is 37.3 Å². The van der Waals surface area contributed by atoms with Crippen LogP contribution in [0.2, 0.25) is 0 Å². The third kappa shape index (κ3) is 8.68. The minimum Gasteiger partial charge on any atom is -0.497 e. The first-order valence-corrected chi connectivity index (χ1v) is 15.9. The molecule has 2 fully saturated rings. The minimum absolute atomic E-state index is 0.0399. The van der Waals surface area contributed by atoms with Gasteiger partial charge in [-0.15, -0.1) is 0 Å². The summed E-state index contributed by atoms with van der Waals surface area (Å²) < 4.78 is 51.1. The van der Waals surface area contributed by atoms with Gasteiger partial charge in [0.2, 0.25) is 10.0 Å². The average molecular weight is 616 g/mol. The zero-order chi connectivity index (χ0) is 31.0. The van der Waals surface area contributed by atoms with Crippen LogP contribution in [0, 0.1) is 22.7 Å². The molecule has 2 aliphatic rings. The molecule has 2 aliphatic heterocycles. The second kappa shape index (κ2) is 14.5. The van der Waals surface area contributed by atoms with E-state index in [1.807, 2.05) is 44.2 Å². The Kier molecular flexibility index (Phi) is 11.0. The maximum Gasteiger partial charge on any atom is 0.407 e. The van der Waals surface area contributed by atoms with Gasteiger partial charge in [0.25, 0.3) is 0 Å². The maximum absolute atomic E-state index is 13.9. The molecule has 0 bridgehead atoms. The van der Waals surface area contributed by atoms with Crippen molar-refractivity contribution in [2.45, 2.75) is 69.0 Å². The standard InChI is InChI=1S/C31H41N3O8S/c1-31(2,15-7-16-32)21-34(43(37,38)24-12-10-23(39-3)11-13-24)19-27(35)26(18-22-8-5-4-6-9-22)33-30(36)42-28-20-41-29-25(28)14-17-40-29/h4-6,8-13,25-29,35H,7,14-15,17-21H2,1-3H3,(H,33,36)/t25-,26-,27+,28-,29+/m0/s1. The molecule has 1 amide bonds. The van der Waals surface area contributed by atoms with Crippen LogP contribution in [0.4, 0.5) is 4.79 Å². The number of benzene rings is 2. The van der Waals surface area contributed by atoms with Gasteiger partial charge >= 0.3 is 6.09 Å². The monoisotopic (exact) mass is 615 g/mol. The summed E-state index contributed by atoms with van der Waals surface area (Å²) in [7, 11) is -2.59. The van der Waals surface area contributed by atoms with Gasteiger partial charge in [-0.05, 0) is 54.5 Å². The fourth-order valence-corrected chi connectivity index (χ4v) is 7.10. The number of ether oxygens (including phenoxy) is 4. The lowest BCUT2D eigenvalue weighted by molar-refractivity contribution is -0.0907. The summed E-state index contributed by atoms with van der Waals surface area (Å²) in [4.78, 5) is 13.1. The van der Waals surface area contributed by atoms with Crippen LogP contribution in [0.1, 0.15) is 38.7 Å². The van der Waals surface area contributed by atoms with Crippen LogP contribution in [-0.4, -0.2) is 81.9 Å². The molecule has 234 valence electrons. The summed E-state index contributed by atoms with van der Waals surface area (Å²) >= 11 is 0. The van der Waals surface area contributed by atoms with Crippen molar-refractivity contribution in [3.8, 4) is 11.8 Å². The number of aliphatic hydroxyl groups is 1. The van der Waals surface area contributed by atoms with Gasteiger partial charge in [0, 0.05) is 19.5 Å². The van der Waals surface area contributed by atoms with Gasteiger partial charge < -0.3 is 29.4 Å². The fourth-order valence-electron chi connectivity index (χ4n) is 5.45. The van der Waals surface area contributed by atoms with Crippen LogP contribution in [0.5, 0.6) is 5.75 Å². The number of sulfonamides is 1. The Labute approximate surface area is 253 Å². The molecule has 0 aliphatic carbocycles. The van der Waals surface area contributed by atoms with Crippen LogP contribution < -0.4 is 10.1 Å². The molecule has 12 heteroatoms. The lowest BCUT2D eigenvalue weighted by atomic mass is 9.88. The van der Waals surface area contributed by atoms with E-state index in [9.17, 15) is 18.3 Å². The summed E-state index contributed by atoms with van der Waals surface area (Å²) in [6.07, 6.45) is -1.20. The lowest BCUT2D eigenvalue weighted by Crippen LogP contribution is -2.52. The highest BCUT2D eigenvalue weighted by Crippen LogP contribution is 2.33. The number of alkyl carbamates (subject to hydrolysis) is 1. The highest BCUT2D eigenvalue weighted by molar-refractivity contribution is 7.89. The average Bonchev–Trinajstić information content (AvgIpc) is 3.61. The molecule has 2 heterocycles. The van der Waals surface area contributed by atoms with Crippen LogP contribution in [-0.2, 0) is 30.7 Å². The Hall–Kier alpha value is -3.21. The van der Waals surface area contributed by atoms with E-state index in [4.69, 9.17) is 24.2 Å². The molecule has 5 atom stereocenters. The SMILES string of the molecule is COc1ccc(S(=O)(=O)N(C[C@@H](O)[C@H](Cc2ccccc2)NC(=O)O[C@H]2CO[C@H]3OCC[C@H]32)CC(C)(C)CCC#N)cc1. The van der Waals surface area contributed by atoms with Crippen molar-refractivity contribution in [1.29, 1.82) is 5.26 Å². The fraction of sp³-hybridized carbons (Fsp3) is 0.548. The molecule has 43 heavy (non-hydrogen) atoms. The number of methoxy groups -OCH3 is 1. The highest BCUT2D eigenvalue weighted by Gasteiger charge is 2.44. The van der Waals surface area contributed by atoms with Crippen molar-refractivity contribution in [2.24, 2.45) is 11.3 Å². The third-order valence-electron chi connectivity index (χ3n) is 7.92. The number of fused-ring (bicyclic) bond motifs is 1. The van der Waals surface area contributed by atoms with Crippen molar-refractivity contribution in [3.63, 3.8) is 0 Å². The van der Waals surface area contributed by atoms with E-state index >= 15 is 0 Å². The van der Waals surface area contributed by atoms with E-state index in [2.05, 4.69) is 11.4 Å². The molecule has 0 unspecified atom stereocenters. The van der Waals surface area contributed by atoms with E-state index in [-0.39, 0.29) is 49.6 Å². The summed E-state index contributed by atoms with van der Waals surface area (Å²) in [5.41, 5.74) is 0.276. The largest absolute Gasteiger partial charge is 0.497 e. The van der Waals surface area contributed by atoms with E-state index in [0.717, 1.165) is 12.0 Å². The molecule has 0 spiro atoms. The van der Waals surface area contributed by atoms with E-state index < -0.39 is 39.8 Å². The predicted molar refractivity (Wildman–Crippen MR) is 158 cm³/mol. The molecule has 11 nitrogen and oxygen atoms in total. The van der Waals surface area contributed by atoms with Crippen molar-refractivity contribution >= 4 is 16.1 Å². The Morgan fingerprint density at radius 3 is 2.58 bits per heavy atom. The normalized spacial score (nSPS) is 21.5. The molecule has 0 radical (unpaired) electrons. The van der Waals surface area contributed by atoms with E-state index in [1.54, 1.807) is 12.1 Å².